The molecule has 2 aromatic carbocycles. The average Bonchev–Trinajstić information content (AvgIpc) is 2.73. The number of nitriles is 1. The van der Waals surface area contributed by atoms with Crippen LogP contribution in [0.15, 0.2) is 83.9 Å². The maximum atomic E-state index is 13.1. The van der Waals surface area contributed by atoms with Gasteiger partial charge in [-0.1, -0.05) is 41.6 Å². The molecule has 0 aliphatic carbocycles. The highest BCUT2D eigenvalue weighted by atomic mass is 35.5. The number of aliphatic imine (C=N–C) groups is 4. The number of guanidine groups is 1. The number of nitrogens with zero attached hydrogens (tertiary/aromatic N) is 5. The van der Waals surface area contributed by atoms with Gasteiger partial charge in [-0.15, -0.1) is 4.99 Å². The van der Waals surface area contributed by atoms with E-state index in [1.807, 2.05) is 31.2 Å². The minimum absolute atomic E-state index is 0.0890. The summed E-state index contributed by atoms with van der Waals surface area (Å²) in [5.41, 5.74) is 2.73. The van der Waals surface area contributed by atoms with Gasteiger partial charge in [-0.2, -0.15) is 5.26 Å². The van der Waals surface area contributed by atoms with Crippen molar-refractivity contribution in [3.63, 3.8) is 0 Å². The first-order chi connectivity index (χ1) is 14.5. The molecule has 4 rings (SSSR count). The zero-order valence-corrected chi connectivity index (χ0v) is 17.2. The molecule has 0 aromatic heterocycles. The highest BCUT2D eigenvalue weighted by Gasteiger charge is 2.27. The van der Waals surface area contributed by atoms with Crippen molar-refractivity contribution >= 4 is 64.2 Å². The SMILES string of the molecule is CC1=Nc2ccccc2S/C1=C1/C=NC(=NC#N)N=C1C(=O)Nc1cccc(Cl)c1. The van der Waals surface area contributed by atoms with Crippen molar-refractivity contribution < 1.29 is 4.79 Å². The first-order valence-corrected chi connectivity index (χ1v) is 9.98. The lowest BCUT2D eigenvalue weighted by atomic mass is 10.1. The van der Waals surface area contributed by atoms with Crippen LogP contribution in [0.3, 0.4) is 0 Å². The van der Waals surface area contributed by atoms with E-state index in [1.54, 1.807) is 30.5 Å². The van der Waals surface area contributed by atoms with Crippen molar-refractivity contribution in [3.8, 4) is 6.19 Å². The maximum Gasteiger partial charge on any atom is 0.275 e. The quantitative estimate of drug-likeness (QED) is 0.689. The molecular weight excluding hydrogens is 420 g/mol. The molecule has 146 valence electrons. The number of hydrogen-bond acceptors (Lipinski definition) is 5. The lowest BCUT2D eigenvalue weighted by Crippen LogP contribution is -2.29. The number of hydrogen-bond donors (Lipinski definition) is 1. The summed E-state index contributed by atoms with van der Waals surface area (Å²) in [5, 5.41) is 12.1. The summed E-state index contributed by atoms with van der Waals surface area (Å²) >= 11 is 7.50. The number of amides is 1. The standard InChI is InChI=1S/C21H13ClN6OS/c1-12-19(30-17-8-3-2-7-16(17)26-12)15-10-24-21(25-11-23)28-18(15)20(29)27-14-6-4-5-13(22)9-14/h2-10H,1H3,(H,27,29)/b19-15-,25-21?. The maximum absolute atomic E-state index is 13.1. The van der Waals surface area contributed by atoms with Crippen LogP contribution in [0.1, 0.15) is 6.92 Å². The Morgan fingerprint density at radius 3 is 2.83 bits per heavy atom. The van der Waals surface area contributed by atoms with Crippen molar-refractivity contribution in [2.24, 2.45) is 20.0 Å². The monoisotopic (exact) mass is 432 g/mol. The van der Waals surface area contributed by atoms with Crippen LogP contribution in [0, 0.1) is 11.5 Å². The van der Waals surface area contributed by atoms with Gasteiger partial charge in [-0.05, 0) is 37.3 Å². The number of anilines is 1. The summed E-state index contributed by atoms with van der Waals surface area (Å²) < 4.78 is 0. The normalized spacial score (nSPS) is 18.9. The summed E-state index contributed by atoms with van der Waals surface area (Å²) in [7, 11) is 0. The second-order valence-corrected chi connectivity index (χ2v) is 7.69. The van der Waals surface area contributed by atoms with Crippen molar-refractivity contribution in [3.05, 3.63) is 64.0 Å². The third kappa shape index (κ3) is 4.08. The fourth-order valence-electron chi connectivity index (χ4n) is 2.87. The summed E-state index contributed by atoms with van der Waals surface area (Å²) in [6.45, 7) is 1.87. The number of nitrogens with one attached hydrogen (secondary N) is 1. The molecule has 0 spiro atoms. The van der Waals surface area contributed by atoms with Crippen molar-refractivity contribution in [2.45, 2.75) is 11.8 Å². The van der Waals surface area contributed by atoms with Crippen LogP contribution in [0.4, 0.5) is 11.4 Å². The van der Waals surface area contributed by atoms with Crippen LogP contribution in [-0.4, -0.2) is 29.5 Å². The van der Waals surface area contributed by atoms with Crippen molar-refractivity contribution in [1.29, 1.82) is 5.26 Å². The van der Waals surface area contributed by atoms with Crippen LogP contribution >= 0.6 is 23.4 Å². The van der Waals surface area contributed by atoms with Gasteiger partial charge >= 0.3 is 0 Å². The Morgan fingerprint density at radius 1 is 1.20 bits per heavy atom. The molecule has 0 saturated carbocycles. The third-order valence-corrected chi connectivity index (χ3v) is 5.68. The molecular formula is C21H13ClN6OS. The van der Waals surface area contributed by atoms with E-state index >= 15 is 0 Å². The van der Waals surface area contributed by atoms with Crippen LogP contribution < -0.4 is 5.32 Å². The van der Waals surface area contributed by atoms with Crippen LogP contribution in [0.2, 0.25) is 5.02 Å². The predicted octanol–water partition coefficient (Wildman–Crippen LogP) is 4.79. The van der Waals surface area contributed by atoms with E-state index in [0.717, 1.165) is 21.2 Å². The lowest BCUT2D eigenvalue weighted by molar-refractivity contribution is -0.110. The number of rotatable bonds is 2. The highest BCUT2D eigenvalue weighted by Crippen LogP contribution is 2.41. The smallest absolute Gasteiger partial charge is 0.275 e. The Kier molecular flexibility index (Phi) is 5.57. The fourth-order valence-corrected chi connectivity index (χ4v) is 4.10. The van der Waals surface area contributed by atoms with E-state index < -0.39 is 5.91 Å². The average molecular weight is 433 g/mol. The van der Waals surface area contributed by atoms with Gasteiger partial charge in [0.2, 0.25) is 6.19 Å². The number of halogens is 1. The number of thioether (sulfide) groups is 1. The highest BCUT2D eigenvalue weighted by molar-refractivity contribution is 8.04. The number of carbonyl (C=O) groups is 1. The Balaban J connectivity index is 1.77. The number of carbonyl (C=O) groups excluding carboxylic acids is 1. The molecule has 7 nitrogen and oxygen atoms in total. The molecule has 1 N–H and O–H groups in total. The van der Waals surface area contributed by atoms with Gasteiger partial charge in [-0.3, -0.25) is 9.79 Å². The first-order valence-electron chi connectivity index (χ1n) is 8.79. The number of fused-ring (bicyclic) bond motifs is 1. The van der Waals surface area contributed by atoms with Gasteiger partial charge in [0, 0.05) is 32.3 Å². The van der Waals surface area contributed by atoms with E-state index in [0.29, 0.717) is 16.3 Å². The second kappa shape index (κ2) is 8.45. The van der Waals surface area contributed by atoms with Gasteiger partial charge in [0.1, 0.15) is 5.71 Å². The number of benzene rings is 2. The summed E-state index contributed by atoms with van der Waals surface area (Å²) in [5.74, 6) is -0.558. The number of allylic oxidation sites excluding steroid dienone is 1. The molecule has 30 heavy (non-hydrogen) atoms. The molecule has 0 fully saturated rings. The zero-order valence-electron chi connectivity index (χ0n) is 15.6. The summed E-state index contributed by atoms with van der Waals surface area (Å²) in [6.07, 6.45) is 3.13. The topological polar surface area (TPSA) is 102 Å². The predicted molar refractivity (Wildman–Crippen MR) is 121 cm³/mol. The van der Waals surface area contributed by atoms with E-state index in [4.69, 9.17) is 16.9 Å². The van der Waals surface area contributed by atoms with E-state index in [2.05, 4.69) is 25.3 Å². The Bertz CT molecular complexity index is 1250. The van der Waals surface area contributed by atoms with Gasteiger partial charge in [0.05, 0.1) is 11.4 Å². The molecule has 0 bridgehead atoms. The molecule has 9 heteroatoms. The molecule has 2 aliphatic heterocycles. The van der Waals surface area contributed by atoms with Crippen molar-refractivity contribution in [1.82, 2.24) is 0 Å². The molecule has 2 heterocycles. The third-order valence-electron chi connectivity index (χ3n) is 4.16. The van der Waals surface area contributed by atoms with Gasteiger partial charge < -0.3 is 5.32 Å². The summed E-state index contributed by atoms with van der Waals surface area (Å²) in [6, 6.07) is 14.5. The minimum atomic E-state index is -0.469. The largest absolute Gasteiger partial charge is 0.321 e. The van der Waals surface area contributed by atoms with Crippen LogP contribution in [-0.2, 0) is 4.79 Å². The van der Waals surface area contributed by atoms with E-state index in [9.17, 15) is 4.79 Å². The fraction of sp³-hybridized carbons (Fsp3) is 0.0476. The molecule has 0 unspecified atom stereocenters. The minimum Gasteiger partial charge on any atom is -0.321 e. The molecule has 0 atom stereocenters. The van der Waals surface area contributed by atoms with E-state index in [-0.39, 0.29) is 11.7 Å². The lowest BCUT2D eigenvalue weighted by Gasteiger charge is -2.20. The molecule has 2 aromatic rings. The van der Waals surface area contributed by atoms with Gasteiger partial charge in [0.25, 0.3) is 11.9 Å². The molecule has 2 aliphatic rings. The number of para-hydroxylation sites is 1. The molecule has 1 amide bonds. The summed E-state index contributed by atoms with van der Waals surface area (Å²) in [4.78, 5) is 31.3. The van der Waals surface area contributed by atoms with Crippen LogP contribution in [0.5, 0.6) is 0 Å². The van der Waals surface area contributed by atoms with Gasteiger partial charge in [-0.25, -0.2) is 9.98 Å². The van der Waals surface area contributed by atoms with Gasteiger partial charge in [0.15, 0.2) is 0 Å². The Morgan fingerprint density at radius 2 is 2.03 bits per heavy atom. The molecule has 0 saturated heterocycles. The Hall–Kier alpha value is -3.54. The molecule has 0 radical (unpaired) electrons. The second-order valence-electron chi connectivity index (χ2n) is 6.20. The van der Waals surface area contributed by atoms with E-state index in [1.165, 1.54) is 18.0 Å². The van der Waals surface area contributed by atoms with Crippen LogP contribution in [0.25, 0.3) is 0 Å². The first kappa shape index (κ1) is 19.8. The van der Waals surface area contributed by atoms with Crippen molar-refractivity contribution in [2.75, 3.05) is 5.32 Å². The Labute approximate surface area is 181 Å². The zero-order chi connectivity index (χ0) is 21.1.